The van der Waals surface area contributed by atoms with Crippen molar-refractivity contribution < 1.29 is 4.79 Å². The standard InChI is InChI=1S/C18H20N4O/c1-21(12-13-5-8-22-9-7-20-17(22)10-13)18(23)15-2-3-16-14(11-15)4-6-19-16/h2-4,6-7,9,11,13,19H,5,8,10,12H2,1H3/t13-/m1/s1. The molecule has 1 N–H and O–H groups in total. The largest absolute Gasteiger partial charge is 0.361 e. The highest BCUT2D eigenvalue weighted by molar-refractivity contribution is 5.97. The fourth-order valence-electron chi connectivity index (χ4n) is 3.45. The van der Waals surface area contributed by atoms with Crippen LogP contribution in [-0.2, 0) is 13.0 Å². The van der Waals surface area contributed by atoms with E-state index in [0.29, 0.717) is 5.92 Å². The molecule has 1 amide bonds. The zero-order valence-electron chi connectivity index (χ0n) is 13.2. The Balaban J connectivity index is 1.46. The second-order valence-corrected chi connectivity index (χ2v) is 6.36. The molecule has 0 saturated carbocycles. The fourth-order valence-corrected chi connectivity index (χ4v) is 3.45. The van der Waals surface area contributed by atoms with Gasteiger partial charge in [-0.15, -0.1) is 0 Å². The maximum Gasteiger partial charge on any atom is 0.253 e. The van der Waals surface area contributed by atoms with E-state index in [4.69, 9.17) is 0 Å². The van der Waals surface area contributed by atoms with Crippen LogP contribution in [-0.4, -0.2) is 38.9 Å². The highest BCUT2D eigenvalue weighted by Gasteiger charge is 2.22. The van der Waals surface area contributed by atoms with Crippen LogP contribution in [0.25, 0.3) is 10.9 Å². The minimum atomic E-state index is 0.0852. The second-order valence-electron chi connectivity index (χ2n) is 6.36. The molecule has 3 aromatic rings. The number of carbonyl (C=O) groups excluding carboxylic acids is 1. The van der Waals surface area contributed by atoms with Crippen LogP contribution in [0.3, 0.4) is 0 Å². The molecule has 1 aliphatic heterocycles. The zero-order valence-corrected chi connectivity index (χ0v) is 13.2. The van der Waals surface area contributed by atoms with Gasteiger partial charge >= 0.3 is 0 Å². The summed E-state index contributed by atoms with van der Waals surface area (Å²) < 4.78 is 2.21. The average Bonchev–Trinajstić information content (AvgIpc) is 3.21. The molecule has 1 atom stereocenters. The van der Waals surface area contributed by atoms with Crippen LogP contribution in [0.15, 0.2) is 42.9 Å². The molecule has 0 saturated heterocycles. The van der Waals surface area contributed by atoms with E-state index >= 15 is 0 Å². The average molecular weight is 308 g/mol. The minimum Gasteiger partial charge on any atom is -0.361 e. The molecular weight excluding hydrogens is 288 g/mol. The lowest BCUT2D eigenvalue weighted by Gasteiger charge is -2.28. The molecule has 118 valence electrons. The molecule has 0 unspecified atom stereocenters. The van der Waals surface area contributed by atoms with Crippen molar-refractivity contribution in [1.82, 2.24) is 19.4 Å². The summed E-state index contributed by atoms with van der Waals surface area (Å²) in [6.07, 6.45) is 7.83. The van der Waals surface area contributed by atoms with E-state index in [-0.39, 0.29) is 5.91 Å². The van der Waals surface area contributed by atoms with Crippen molar-refractivity contribution in [2.24, 2.45) is 5.92 Å². The number of carbonyl (C=O) groups is 1. The van der Waals surface area contributed by atoms with E-state index < -0.39 is 0 Å². The van der Waals surface area contributed by atoms with Crippen molar-refractivity contribution in [1.29, 1.82) is 0 Å². The Hall–Kier alpha value is -2.56. The number of amides is 1. The third-order valence-corrected chi connectivity index (χ3v) is 4.73. The topological polar surface area (TPSA) is 53.9 Å². The van der Waals surface area contributed by atoms with Gasteiger partial charge in [0.15, 0.2) is 0 Å². The van der Waals surface area contributed by atoms with Gasteiger partial charge in [-0.2, -0.15) is 0 Å². The normalized spacial score (nSPS) is 17.2. The molecule has 5 heteroatoms. The number of hydrogen-bond donors (Lipinski definition) is 1. The number of benzene rings is 1. The zero-order chi connectivity index (χ0) is 15.8. The second kappa shape index (κ2) is 5.57. The van der Waals surface area contributed by atoms with Gasteiger partial charge in [0.2, 0.25) is 0 Å². The van der Waals surface area contributed by atoms with E-state index in [2.05, 4.69) is 14.5 Å². The minimum absolute atomic E-state index is 0.0852. The SMILES string of the molecule is CN(C[C@@H]1CCn2ccnc2C1)C(=O)c1ccc2[nH]ccc2c1. The van der Waals surface area contributed by atoms with Crippen molar-refractivity contribution in [3.05, 3.63) is 54.2 Å². The van der Waals surface area contributed by atoms with E-state index in [1.165, 1.54) is 0 Å². The van der Waals surface area contributed by atoms with Gasteiger partial charge < -0.3 is 14.5 Å². The van der Waals surface area contributed by atoms with Crippen LogP contribution in [0.2, 0.25) is 0 Å². The van der Waals surface area contributed by atoms with Gasteiger partial charge in [-0.1, -0.05) is 0 Å². The van der Waals surface area contributed by atoms with Crippen molar-refractivity contribution in [2.45, 2.75) is 19.4 Å². The molecule has 0 radical (unpaired) electrons. The molecule has 4 rings (SSSR count). The number of aryl methyl sites for hydroxylation is 1. The number of aromatic nitrogens is 3. The lowest BCUT2D eigenvalue weighted by Crippen LogP contribution is -2.35. The quantitative estimate of drug-likeness (QED) is 0.809. The van der Waals surface area contributed by atoms with Crippen LogP contribution in [0.1, 0.15) is 22.6 Å². The number of hydrogen-bond acceptors (Lipinski definition) is 2. The van der Waals surface area contributed by atoms with Gasteiger partial charge in [-0.25, -0.2) is 4.98 Å². The summed E-state index contributed by atoms with van der Waals surface area (Å²) in [5.41, 5.74) is 1.81. The molecule has 0 fully saturated rings. The molecule has 5 nitrogen and oxygen atoms in total. The van der Waals surface area contributed by atoms with E-state index in [9.17, 15) is 4.79 Å². The van der Waals surface area contributed by atoms with E-state index in [0.717, 1.165) is 48.2 Å². The molecule has 3 heterocycles. The van der Waals surface area contributed by atoms with Crippen molar-refractivity contribution in [3.8, 4) is 0 Å². The summed E-state index contributed by atoms with van der Waals surface area (Å²) in [5.74, 6) is 1.70. The van der Waals surface area contributed by atoms with Gasteiger partial charge in [0.05, 0.1) is 0 Å². The predicted molar refractivity (Wildman–Crippen MR) is 89.3 cm³/mol. The Morgan fingerprint density at radius 2 is 2.35 bits per heavy atom. The maximum absolute atomic E-state index is 12.7. The van der Waals surface area contributed by atoms with Gasteiger partial charge in [0, 0.05) is 61.6 Å². The summed E-state index contributed by atoms with van der Waals surface area (Å²) in [7, 11) is 1.89. The van der Waals surface area contributed by atoms with Crippen LogP contribution in [0.5, 0.6) is 0 Å². The maximum atomic E-state index is 12.7. The van der Waals surface area contributed by atoms with Crippen LogP contribution < -0.4 is 0 Å². The highest BCUT2D eigenvalue weighted by atomic mass is 16.2. The van der Waals surface area contributed by atoms with Crippen molar-refractivity contribution >= 4 is 16.8 Å². The first-order chi connectivity index (χ1) is 11.2. The van der Waals surface area contributed by atoms with Gasteiger partial charge in [-0.05, 0) is 36.6 Å². The van der Waals surface area contributed by atoms with Gasteiger partial charge in [0.25, 0.3) is 5.91 Å². The summed E-state index contributed by atoms with van der Waals surface area (Å²) in [5, 5.41) is 1.07. The Labute approximate surface area is 134 Å². The molecule has 0 aliphatic carbocycles. The van der Waals surface area contributed by atoms with E-state index in [1.54, 1.807) is 0 Å². The van der Waals surface area contributed by atoms with Crippen LogP contribution in [0.4, 0.5) is 0 Å². The van der Waals surface area contributed by atoms with Crippen LogP contribution >= 0.6 is 0 Å². The molecule has 0 spiro atoms. The molecule has 2 aromatic heterocycles. The number of nitrogens with zero attached hydrogens (tertiary/aromatic N) is 3. The third kappa shape index (κ3) is 2.63. The number of fused-ring (bicyclic) bond motifs is 2. The van der Waals surface area contributed by atoms with Gasteiger partial charge in [0.1, 0.15) is 5.82 Å². The lowest BCUT2D eigenvalue weighted by atomic mass is 9.97. The first-order valence-corrected chi connectivity index (χ1v) is 8.03. The first-order valence-electron chi connectivity index (χ1n) is 8.03. The summed E-state index contributed by atoms with van der Waals surface area (Å²) >= 11 is 0. The lowest BCUT2D eigenvalue weighted by molar-refractivity contribution is 0.0764. The summed E-state index contributed by atoms with van der Waals surface area (Å²) in [6.45, 7) is 1.77. The molecular formula is C18H20N4O. The van der Waals surface area contributed by atoms with Gasteiger partial charge in [-0.3, -0.25) is 4.79 Å². The smallest absolute Gasteiger partial charge is 0.253 e. The Morgan fingerprint density at radius 1 is 1.43 bits per heavy atom. The third-order valence-electron chi connectivity index (χ3n) is 4.73. The van der Waals surface area contributed by atoms with Crippen molar-refractivity contribution in [3.63, 3.8) is 0 Å². The summed E-state index contributed by atoms with van der Waals surface area (Å²) in [6, 6.07) is 7.81. The number of nitrogens with one attached hydrogen (secondary N) is 1. The predicted octanol–water partition coefficient (Wildman–Crippen LogP) is 2.70. The molecule has 1 aromatic carbocycles. The fraction of sp³-hybridized carbons (Fsp3) is 0.333. The monoisotopic (exact) mass is 308 g/mol. The molecule has 23 heavy (non-hydrogen) atoms. The molecule has 0 bridgehead atoms. The van der Waals surface area contributed by atoms with Crippen LogP contribution in [0, 0.1) is 5.92 Å². The van der Waals surface area contributed by atoms with Crippen molar-refractivity contribution in [2.75, 3.05) is 13.6 Å². The Bertz CT molecular complexity index is 847. The Morgan fingerprint density at radius 3 is 3.26 bits per heavy atom. The number of aromatic amines is 1. The summed E-state index contributed by atoms with van der Waals surface area (Å²) in [4.78, 5) is 22.1. The highest BCUT2D eigenvalue weighted by Crippen LogP contribution is 2.21. The number of rotatable bonds is 3. The van der Waals surface area contributed by atoms with E-state index in [1.807, 2.05) is 54.8 Å². The number of imidazole rings is 1. The molecule has 1 aliphatic rings. The number of H-pyrrole nitrogens is 1. The Kier molecular flexibility index (Phi) is 3.41. The first kappa shape index (κ1) is 14.1.